The molecule has 0 fully saturated rings. The second kappa shape index (κ2) is 11.7. The van der Waals surface area contributed by atoms with Gasteiger partial charge in [0.25, 0.3) is 0 Å². The first-order chi connectivity index (χ1) is 16.4. The highest BCUT2D eigenvalue weighted by Crippen LogP contribution is 2.40. The number of rotatable bonds is 8. The summed E-state index contributed by atoms with van der Waals surface area (Å²) in [5.74, 6) is -3.08. The number of hydrogen-bond donors (Lipinski definition) is 2. The van der Waals surface area contributed by atoms with Gasteiger partial charge in [-0.1, -0.05) is 39.8 Å². The first-order valence-corrected chi connectivity index (χ1v) is 12.1. The summed E-state index contributed by atoms with van der Waals surface area (Å²) < 4.78 is 11.0. The van der Waals surface area contributed by atoms with Crippen molar-refractivity contribution in [3.8, 4) is 11.8 Å². The number of carbonyl (C=O) groups excluding carboxylic acids is 3. The van der Waals surface area contributed by atoms with Crippen LogP contribution in [0.3, 0.4) is 0 Å². The molecule has 1 heterocycles. The predicted octanol–water partition coefficient (Wildman–Crippen LogP) is 3.96. The molecule has 1 aliphatic rings. The van der Waals surface area contributed by atoms with Crippen LogP contribution in [0.4, 0.5) is 5.69 Å². The highest BCUT2D eigenvalue weighted by molar-refractivity contribution is 9.10. The van der Waals surface area contributed by atoms with Crippen molar-refractivity contribution in [2.24, 2.45) is 5.92 Å². The average Bonchev–Trinajstić information content (AvgIpc) is 2.83. The standard InChI is InChI=1S/C24H22BrN3O5S/c1-3-33-17-9-7-16(8-10-17)27-19(29)13-34-23-18(12-26)20(14-5-4-6-15(25)11-14)21(22(30)28-23)24(31)32-2/h4-11,20-21H,3,13H2,1-2H3,(H,27,29)(H,28,30)/t20-,21+/m0/s1. The van der Waals surface area contributed by atoms with Crippen LogP contribution in [0.1, 0.15) is 18.4 Å². The quantitative estimate of drug-likeness (QED) is 0.382. The molecule has 2 amide bonds. The maximum Gasteiger partial charge on any atom is 0.319 e. The van der Waals surface area contributed by atoms with Crippen molar-refractivity contribution in [1.29, 1.82) is 5.26 Å². The number of esters is 1. The maximum absolute atomic E-state index is 12.9. The number of allylic oxidation sites excluding steroid dienone is 1. The largest absolute Gasteiger partial charge is 0.494 e. The highest BCUT2D eigenvalue weighted by Gasteiger charge is 2.44. The number of methoxy groups -OCH3 is 1. The van der Waals surface area contributed by atoms with Gasteiger partial charge in [-0.15, -0.1) is 0 Å². The average molecular weight is 544 g/mol. The third-order valence-electron chi connectivity index (χ3n) is 4.99. The van der Waals surface area contributed by atoms with E-state index in [1.807, 2.05) is 6.92 Å². The lowest BCUT2D eigenvalue weighted by molar-refractivity contribution is -0.150. The van der Waals surface area contributed by atoms with Gasteiger partial charge in [-0.2, -0.15) is 5.26 Å². The third-order valence-corrected chi connectivity index (χ3v) is 6.50. The molecular formula is C24H22BrN3O5S. The zero-order chi connectivity index (χ0) is 24.7. The van der Waals surface area contributed by atoms with Crippen molar-refractivity contribution < 1.29 is 23.9 Å². The number of amides is 2. The molecule has 2 atom stereocenters. The summed E-state index contributed by atoms with van der Waals surface area (Å²) in [5, 5.41) is 15.6. The van der Waals surface area contributed by atoms with Gasteiger partial charge in [-0.3, -0.25) is 14.4 Å². The van der Waals surface area contributed by atoms with Gasteiger partial charge in [-0.25, -0.2) is 0 Å². The van der Waals surface area contributed by atoms with Gasteiger partial charge >= 0.3 is 5.97 Å². The van der Waals surface area contributed by atoms with Crippen LogP contribution in [0, 0.1) is 17.2 Å². The van der Waals surface area contributed by atoms with E-state index < -0.39 is 23.7 Å². The molecule has 0 spiro atoms. The molecule has 2 aromatic rings. The fraction of sp³-hybridized carbons (Fsp3) is 0.250. The van der Waals surface area contributed by atoms with Crippen molar-refractivity contribution in [3.63, 3.8) is 0 Å². The van der Waals surface area contributed by atoms with Gasteiger partial charge in [-0.05, 0) is 48.9 Å². The molecule has 2 N–H and O–H groups in total. The number of nitrogens with one attached hydrogen (secondary N) is 2. The Bertz CT molecular complexity index is 1160. The van der Waals surface area contributed by atoms with Gasteiger partial charge in [0.05, 0.1) is 36.1 Å². The Kier molecular flexibility index (Phi) is 8.73. The van der Waals surface area contributed by atoms with E-state index >= 15 is 0 Å². The molecule has 0 saturated carbocycles. The predicted molar refractivity (Wildman–Crippen MR) is 132 cm³/mol. The van der Waals surface area contributed by atoms with E-state index in [0.717, 1.165) is 16.2 Å². The van der Waals surface area contributed by atoms with Crippen molar-refractivity contribution in [2.75, 3.05) is 24.8 Å². The van der Waals surface area contributed by atoms with Crippen LogP contribution < -0.4 is 15.4 Å². The SMILES string of the molecule is CCOc1ccc(NC(=O)CSC2=C(C#N)[C@H](c3cccc(Br)c3)[C@@H](C(=O)OC)C(=O)N2)cc1. The number of thioether (sulfide) groups is 1. The number of anilines is 1. The smallest absolute Gasteiger partial charge is 0.319 e. The molecule has 0 aromatic heterocycles. The number of carbonyl (C=O) groups is 3. The Hall–Kier alpha value is -3.29. The van der Waals surface area contributed by atoms with Gasteiger partial charge in [0.15, 0.2) is 0 Å². The van der Waals surface area contributed by atoms with Crippen LogP contribution in [0.2, 0.25) is 0 Å². The molecule has 0 unspecified atom stereocenters. The topological polar surface area (TPSA) is 118 Å². The number of ether oxygens (including phenoxy) is 2. The van der Waals surface area contributed by atoms with E-state index in [1.165, 1.54) is 7.11 Å². The molecule has 1 aliphatic heterocycles. The lowest BCUT2D eigenvalue weighted by Crippen LogP contribution is -2.44. The van der Waals surface area contributed by atoms with E-state index in [0.29, 0.717) is 23.6 Å². The molecule has 0 radical (unpaired) electrons. The summed E-state index contributed by atoms with van der Waals surface area (Å²) in [6.07, 6.45) is 0. The monoisotopic (exact) mass is 543 g/mol. The summed E-state index contributed by atoms with van der Waals surface area (Å²) in [6, 6.07) is 16.1. The fourth-order valence-electron chi connectivity index (χ4n) is 3.52. The van der Waals surface area contributed by atoms with Crippen molar-refractivity contribution >= 4 is 51.2 Å². The Labute approximate surface area is 209 Å². The minimum Gasteiger partial charge on any atom is -0.494 e. The lowest BCUT2D eigenvalue weighted by atomic mass is 9.78. The first kappa shape index (κ1) is 25.3. The molecular weight excluding hydrogens is 522 g/mol. The summed E-state index contributed by atoms with van der Waals surface area (Å²) in [7, 11) is 1.19. The van der Waals surface area contributed by atoms with Crippen LogP contribution in [-0.4, -0.2) is 37.3 Å². The number of hydrogen-bond acceptors (Lipinski definition) is 7. The number of nitriles is 1. The van der Waals surface area contributed by atoms with Gasteiger partial charge in [0, 0.05) is 16.1 Å². The molecule has 0 bridgehead atoms. The highest BCUT2D eigenvalue weighted by atomic mass is 79.9. The van der Waals surface area contributed by atoms with E-state index in [4.69, 9.17) is 9.47 Å². The Morgan fingerprint density at radius 2 is 1.97 bits per heavy atom. The summed E-state index contributed by atoms with van der Waals surface area (Å²) >= 11 is 4.41. The molecule has 2 aromatic carbocycles. The fourth-order valence-corrected chi connectivity index (χ4v) is 4.78. The minimum atomic E-state index is -1.23. The summed E-state index contributed by atoms with van der Waals surface area (Å²) in [4.78, 5) is 37.8. The zero-order valence-corrected chi connectivity index (χ0v) is 20.9. The molecule has 34 heavy (non-hydrogen) atoms. The maximum atomic E-state index is 12.9. The van der Waals surface area contributed by atoms with Gasteiger partial charge in [0.2, 0.25) is 11.8 Å². The van der Waals surface area contributed by atoms with Crippen LogP contribution in [0.5, 0.6) is 5.75 Å². The van der Waals surface area contributed by atoms with Crippen molar-refractivity contribution in [1.82, 2.24) is 5.32 Å². The third kappa shape index (κ3) is 5.98. The van der Waals surface area contributed by atoms with Crippen LogP contribution in [-0.2, 0) is 19.1 Å². The van der Waals surface area contributed by atoms with Crippen LogP contribution >= 0.6 is 27.7 Å². The minimum absolute atomic E-state index is 0.0535. The van der Waals surface area contributed by atoms with Crippen molar-refractivity contribution in [2.45, 2.75) is 12.8 Å². The zero-order valence-electron chi connectivity index (χ0n) is 18.5. The van der Waals surface area contributed by atoms with E-state index in [2.05, 4.69) is 32.6 Å². The van der Waals surface area contributed by atoms with Gasteiger partial charge < -0.3 is 20.1 Å². The van der Waals surface area contributed by atoms with E-state index in [-0.39, 0.29) is 22.3 Å². The van der Waals surface area contributed by atoms with E-state index in [9.17, 15) is 19.6 Å². The van der Waals surface area contributed by atoms with Crippen LogP contribution in [0.15, 0.2) is 63.6 Å². The van der Waals surface area contributed by atoms with Gasteiger partial charge in [0.1, 0.15) is 11.7 Å². The Balaban J connectivity index is 1.82. The molecule has 0 aliphatic carbocycles. The number of halogens is 1. The van der Waals surface area contributed by atoms with E-state index in [1.54, 1.807) is 48.5 Å². The summed E-state index contributed by atoms with van der Waals surface area (Å²) in [5.41, 5.74) is 1.38. The second-order valence-electron chi connectivity index (χ2n) is 7.17. The molecule has 8 nitrogen and oxygen atoms in total. The normalized spacial score (nSPS) is 17.4. The lowest BCUT2D eigenvalue weighted by Gasteiger charge is -2.31. The number of nitrogens with zero attached hydrogens (tertiary/aromatic N) is 1. The first-order valence-electron chi connectivity index (χ1n) is 10.3. The van der Waals surface area contributed by atoms with Crippen molar-refractivity contribution in [3.05, 3.63) is 69.2 Å². The van der Waals surface area contributed by atoms with Crippen LogP contribution in [0.25, 0.3) is 0 Å². The Morgan fingerprint density at radius 1 is 1.24 bits per heavy atom. The molecule has 10 heteroatoms. The number of benzene rings is 2. The summed E-state index contributed by atoms with van der Waals surface area (Å²) in [6.45, 7) is 2.43. The second-order valence-corrected chi connectivity index (χ2v) is 9.07. The molecule has 3 rings (SSSR count). The molecule has 0 saturated heterocycles. The Morgan fingerprint density at radius 3 is 2.59 bits per heavy atom. The molecule has 176 valence electrons.